The largest absolute Gasteiger partial charge is 0.381 e. The van der Waals surface area contributed by atoms with E-state index in [1.807, 2.05) is 11.6 Å². The van der Waals surface area contributed by atoms with Crippen LogP contribution < -0.4 is 10.6 Å². The zero-order valence-electron chi connectivity index (χ0n) is 14.7. The first kappa shape index (κ1) is 22.9. The maximum absolute atomic E-state index is 5.69. The van der Waals surface area contributed by atoms with Crippen LogP contribution in [0.1, 0.15) is 19.3 Å². The van der Waals surface area contributed by atoms with Crippen molar-refractivity contribution in [2.24, 2.45) is 10.9 Å². The fourth-order valence-electron chi connectivity index (χ4n) is 2.29. The van der Waals surface area contributed by atoms with Gasteiger partial charge in [-0.05, 0) is 19.3 Å². The third-order valence-corrected chi connectivity index (χ3v) is 5.66. The number of nitrogens with zero attached hydrogens (tertiary/aromatic N) is 2. The van der Waals surface area contributed by atoms with Crippen LogP contribution in [0.5, 0.6) is 0 Å². The fourth-order valence-corrected chi connectivity index (χ4v) is 3.93. The molecular weight excluding hydrogens is 471 g/mol. The average Bonchev–Trinajstić information content (AvgIpc) is 3.29. The minimum absolute atomic E-state index is 0. The van der Waals surface area contributed by atoms with Crippen LogP contribution in [0.15, 0.2) is 20.9 Å². The molecule has 1 aliphatic rings. The number of guanidine groups is 1. The van der Waals surface area contributed by atoms with E-state index in [2.05, 4.69) is 20.6 Å². The quantitative estimate of drug-likeness (QED) is 0.160. The molecule has 1 unspecified atom stereocenters. The molecule has 1 aromatic heterocycles. The van der Waals surface area contributed by atoms with Gasteiger partial charge in [-0.2, -0.15) is 0 Å². The molecule has 0 aromatic carbocycles. The molecule has 0 radical (unpaired) electrons. The summed E-state index contributed by atoms with van der Waals surface area (Å²) >= 11 is 3.50. The summed E-state index contributed by atoms with van der Waals surface area (Å²) in [7, 11) is 1.80. The smallest absolute Gasteiger partial charge is 0.190 e. The Balaban J connectivity index is 0.00000312. The van der Waals surface area contributed by atoms with Gasteiger partial charge in [-0.25, -0.2) is 4.98 Å². The number of hydrogen-bond donors (Lipinski definition) is 2. The summed E-state index contributed by atoms with van der Waals surface area (Å²) in [5, 5.41) is 8.67. The second kappa shape index (κ2) is 15.0. The molecule has 0 spiro atoms. The van der Waals surface area contributed by atoms with Crippen LogP contribution in [0.3, 0.4) is 0 Å². The van der Waals surface area contributed by atoms with Gasteiger partial charge >= 0.3 is 0 Å². The molecule has 0 amide bonds. The minimum atomic E-state index is 0. The Morgan fingerprint density at radius 2 is 2.28 bits per heavy atom. The Hall–Kier alpha value is -0.100. The molecule has 6 nitrogen and oxygen atoms in total. The SMILES string of the molecule is CN=C(NCCCOCC1CCOC1)NCCCSc1nccs1.I. The van der Waals surface area contributed by atoms with Crippen LogP contribution in [0.2, 0.25) is 0 Å². The van der Waals surface area contributed by atoms with Crippen molar-refractivity contribution in [3.63, 3.8) is 0 Å². The van der Waals surface area contributed by atoms with Gasteiger partial charge in [-0.3, -0.25) is 4.99 Å². The zero-order chi connectivity index (χ0) is 16.9. The molecule has 1 aromatic rings. The first-order valence-electron chi connectivity index (χ1n) is 8.51. The van der Waals surface area contributed by atoms with Gasteiger partial charge in [-0.15, -0.1) is 35.3 Å². The molecule has 9 heteroatoms. The van der Waals surface area contributed by atoms with Crippen LogP contribution in [0, 0.1) is 5.92 Å². The van der Waals surface area contributed by atoms with E-state index in [-0.39, 0.29) is 24.0 Å². The van der Waals surface area contributed by atoms with Crippen molar-refractivity contribution in [1.82, 2.24) is 15.6 Å². The number of aromatic nitrogens is 1. The average molecular weight is 500 g/mol. The van der Waals surface area contributed by atoms with E-state index in [1.54, 1.807) is 30.1 Å². The minimum Gasteiger partial charge on any atom is -0.381 e. The van der Waals surface area contributed by atoms with Crippen molar-refractivity contribution in [3.05, 3.63) is 11.6 Å². The zero-order valence-corrected chi connectivity index (χ0v) is 18.7. The maximum atomic E-state index is 5.69. The molecule has 0 bridgehead atoms. The molecule has 1 aliphatic heterocycles. The summed E-state index contributed by atoms with van der Waals surface area (Å²) in [5.74, 6) is 2.52. The van der Waals surface area contributed by atoms with E-state index in [9.17, 15) is 0 Å². The van der Waals surface area contributed by atoms with E-state index < -0.39 is 0 Å². The highest BCUT2D eigenvalue weighted by Gasteiger charge is 2.15. The first-order valence-corrected chi connectivity index (χ1v) is 10.4. The van der Waals surface area contributed by atoms with Crippen LogP contribution in [0.25, 0.3) is 0 Å². The van der Waals surface area contributed by atoms with E-state index in [0.717, 1.165) is 74.8 Å². The number of hydrogen-bond acceptors (Lipinski definition) is 6. The lowest BCUT2D eigenvalue weighted by atomic mass is 10.1. The number of ether oxygens (including phenoxy) is 2. The van der Waals surface area contributed by atoms with E-state index in [1.165, 1.54) is 0 Å². The number of rotatable bonds is 11. The third-order valence-electron chi connectivity index (χ3n) is 3.61. The van der Waals surface area contributed by atoms with Crippen molar-refractivity contribution in [1.29, 1.82) is 0 Å². The number of thioether (sulfide) groups is 1. The predicted molar refractivity (Wildman–Crippen MR) is 117 cm³/mol. The van der Waals surface area contributed by atoms with Gasteiger partial charge in [0.25, 0.3) is 0 Å². The van der Waals surface area contributed by atoms with Gasteiger partial charge in [0.2, 0.25) is 0 Å². The Morgan fingerprint density at radius 1 is 1.44 bits per heavy atom. The molecule has 0 saturated carbocycles. The molecule has 2 heterocycles. The Kier molecular flexibility index (Phi) is 13.8. The standard InChI is InChI=1S/C16H28N4O2S2.HI/c1-17-15(19-6-3-10-23-16-20-7-11-24-16)18-5-2-8-21-12-14-4-9-22-13-14;/h7,11,14H,2-6,8-10,12-13H2,1H3,(H2,17,18,19);1H. The van der Waals surface area contributed by atoms with Gasteiger partial charge in [0.1, 0.15) is 4.34 Å². The van der Waals surface area contributed by atoms with E-state index >= 15 is 0 Å². The highest BCUT2D eigenvalue weighted by Crippen LogP contribution is 2.20. The lowest BCUT2D eigenvalue weighted by Crippen LogP contribution is -2.38. The predicted octanol–water partition coefficient (Wildman–Crippen LogP) is 2.85. The molecule has 2 rings (SSSR count). The summed E-state index contributed by atoms with van der Waals surface area (Å²) in [4.78, 5) is 8.50. The molecule has 2 N–H and O–H groups in total. The van der Waals surface area contributed by atoms with Gasteiger partial charge < -0.3 is 20.1 Å². The van der Waals surface area contributed by atoms with E-state index in [4.69, 9.17) is 9.47 Å². The molecule has 1 saturated heterocycles. The van der Waals surface area contributed by atoms with E-state index in [0.29, 0.717) is 5.92 Å². The summed E-state index contributed by atoms with van der Waals surface area (Å²) in [6.07, 6.45) is 5.05. The van der Waals surface area contributed by atoms with Crippen LogP contribution in [-0.2, 0) is 9.47 Å². The number of aliphatic imine (C=N–C) groups is 1. The highest BCUT2D eigenvalue weighted by atomic mass is 127. The Labute approximate surface area is 176 Å². The first-order chi connectivity index (χ1) is 11.9. The summed E-state index contributed by atoms with van der Waals surface area (Å²) in [5.41, 5.74) is 0. The second-order valence-electron chi connectivity index (χ2n) is 5.58. The second-order valence-corrected chi connectivity index (χ2v) is 7.82. The van der Waals surface area contributed by atoms with Gasteiger partial charge in [0, 0.05) is 56.6 Å². The van der Waals surface area contributed by atoms with Gasteiger partial charge in [0.15, 0.2) is 5.96 Å². The van der Waals surface area contributed by atoms with Crippen LogP contribution in [-0.4, -0.2) is 63.3 Å². The monoisotopic (exact) mass is 500 g/mol. The van der Waals surface area contributed by atoms with Crippen molar-refractivity contribution < 1.29 is 9.47 Å². The molecular formula is C16H29IN4O2S2. The molecule has 0 aliphatic carbocycles. The van der Waals surface area contributed by atoms with Gasteiger partial charge in [-0.1, -0.05) is 11.8 Å². The summed E-state index contributed by atoms with van der Waals surface area (Å²) in [6.45, 7) is 5.13. The van der Waals surface area contributed by atoms with Crippen molar-refractivity contribution in [2.45, 2.75) is 23.6 Å². The normalized spacial score (nSPS) is 17.3. The highest BCUT2D eigenvalue weighted by molar-refractivity contribution is 14.0. The van der Waals surface area contributed by atoms with Crippen LogP contribution >= 0.6 is 47.1 Å². The molecule has 144 valence electrons. The molecule has 25 heavy (non-hydrogen) atoms. The Morgan fingerprint density at radius 3 is 2.96 bits per heavy atom. The lowest BCUT2D eigenvalue weighted by molar-refractivity contribution is 0.0888. The lowest BCUT2D eigenvalue weighted by Gasteiger charge is -2.12. The molecule has 1 fully saturated rings. The number of halogens is 1. The fraction of sp³-hybridized carbons (Fsp3) is 0.750. The third kappa shape index (κ3) is 10.6. The van der Waals surface area contributed by atoms with Crippen LogP contribution in [0.4, 0.5) is 0 Å². The Bertz CT molecular complexity index is 457. The van der Waals surface area contributed by atoms with Gasteiger partial charge in [0.05, 0.1) is 13.2 Å². The number of thiazole rings is 1. The maximum Gasteiger partial charge on any atom is 0.190 e. The molecule has 1 atom stereocenters. The van der Waals surface area contributed by atoms with Crippen molar-refractivity contribution in [2.75, 3.05) is 52.3 Å². The van der Waals surface area contributed by atoms with Crippen molar-refractivity contribution in [3.8, 4) is 0 Å². The van der Waals surface area contributed by atoms with Crippen molar-refractivity contribution >= 4 is 53.0 Å². The topological polar surface area (TPSA) is 67.8 Å². The summed E-state index contributed by atoms with van der Waals surface area (Å²) < 4.78 is 12.2. The number of nitrogens with one attached hydrogen (secondary N) is 2. The summed E-state index contributed by atoms with van der Waals surface area (Å²) in [6, 6.07) is 0.